The Morgan fingerprint density at radius 2 is 1.96 bits per heavy atom. The van der Waals surface area contributed by atoms with Crippen LogP contribution in [0.2, 0.25) is 0 Å². The van der Waals surface area contributed by atoms with Gasteiger partial charge in [0.05, 0.1) is 0 Å². The van der Waals surface area contributed by atoms with Crippen LogP contribution in [0.5, 0.6) is 0 Å². The van der Waals surface area contributed by atoms with Crippen molar-refractivity contribution < 1.29 is 23.1 Å². The second kappa shape index (κ2) is 7.38. The van der Waals surface area contributed by atoms with Gasteiger partial charge in [-0.25, -0.2) is 22.9 Å². The van der Waals surface area contributed by atoms with E-state index in [-0.39, 0.29) is 23.6 Å². The summed E-state index contributed by atoms with van der Waals surface area (Å²) in [6.45, 7) is 3.40. The predicted molar refractivity (Wildman–Crippen MR) is 83.6 cm³/mol. The van der Waals surface area contributed by atoms with Gasteiger partial charge in [0.15, 0.2) is 0 Å². The average molecular weight is 344 g/mol. The average Bonchev–Trinajstić information content (AvgIpc) is 2.45. The molecule has 1 aromatic heterocycles. The number of urea groups is 1. The van der Waals surface area contributed by atoms with Gasteiger partial charge in [0.1, 0.15) is 10.7 Å². The van der Waals surface area contributed by atoms with Crippen LogP contribution in [-0.4, -0.2) is 43.1 Å². The molecule has 128 valence electrons. The van der Waals surface area contributed by atoms with Gasteiger partial charge in [-0.05, 0) is 39.4 Å². The minimum absolute atomic E-state index is 0.0206. The molecule has 10 heteroatoms. The molecular weight excluding hydrogens is 324 g/mol. The van der Waals surface area contributed by atoms with Gasteiger partial charge in [0.2, 0.25) is 10.0 Å². The maximum atomic E-state index is 11.9. The van der Waals surface area contributed by atoms with Crippen LogP contribution in [0.4, 0.5) is 10.6 Å². The number of anilines is 1. The number of carboxylic acids is 1. The molecule has 23 heavy (non-hydrogen) atoms. The van der Waals surface area contributed by atoms with Crippen molar-refractivity contribution in [1.29, 1.82) is 0 Å². The van der Waals surface area contributed by atoms with E-state index in [1.807, 2.05) is 0 Å². The van der Waals surface area contributed by atoms with Crippen molar-refractivity contribution in [2.45, 2.75) is 37.1 Å². The van der Waals surface area contributed by atoms with Gasteiger partial charge < -0.3 is 10.4 Å². The molecule has 0 atom stereocenters. The Kier molecular flexibility index (Phi) is 6.05. The molecule has 2 amide bonds. The molecular formula is C13H20N4O5S. The van der Waals surface area contributed by atoms with Crippen molar-refractivity contribution in [1.82, 2.24) is 15.0 Å². The maximum Gasteiger partial charge on any atom is 0.320 e. The third-order valence-corrected chi connectivity index (χ3v) is 4.37. The van der Waals surface area contributed by atoms with E-state index in [4.69, 9.17) is 5.11 Å². The van der Waals surface area contributed by atoms with Crippen LogP contribution < -0.4 is 15.4 Å². The normalized spacial score (nSPS) is 11.8. The number of hydrogen-bond donors (Lipinski definition) is 4. The first-order valence-corrected chi connectivity index (χ1v) is 8.24. The summed E-state index contributed by atoms with van der Waals surface area (Å²) in [5.74, 6) is -0.769. The highest BCUT2D eigenvalue weighted by Crippen LogP contribution is 2.13. The lowest BCUT2D eigenvalue weighted by atomic mass is 9.99. The predicted octanol–water partition coefficient (Wildman–Crippen LogP) is 0.755. The minimum Gasteiger partial charge on any atom is -0.481 e. The van der Waals surface area contributed by atoms with Crippen LogP contribution in [0.3, 0.4) is 0 Å². The first-order valence-electron chi connectivity index (χ1n) is 6.76. The van der Waals surface area contributed by atoms with Crippen LogP contribution >= 0.6 is 0 Å². The van der Waals surface area contributed by atoms with Crippen molar-refractivity contribution in [2.75, 3.05) is 12.4 Å². The standard InChI is InChI=1S/C13H20N4O5S/c1-13(2,7-6-11(18)19)17-12(20)16-10-5-4-9(8-15-10)23(21,22)14-3/h4-5,8,14H,6-7H2,1-3H3,(H,18,19)(H2,15,16,17,20). The van der Waals surface area contributed by atoms with Crippen LogP contribution in [0, 0.1) is 0 Å². The molecule has 0 aliphatic rings. The van der Waals surface area contributed by atoms with Gasteiger partial charge in [-0.1, -0.05) is 0 Å². The lowest BCUT2D eigenvalue weighted by molar-refractivity contribution is -0.137. The van der Waals surface area contributed by atoms with E-state index in [9.17, 15) is 18.0 Å². The van der Waals surface area contributed by atoms with Crippen LogP contribution in [0.1, 0.15) is 26.7 Å². The Hall–Kier alpha value is -2.20. The van der Waals surface area contributed by atoms with E-state index < -0.39 is 27.6 Å². The molecule has 4 N–H and O–H groups in total. The monoisotopic (exact) mass is 344 g/mol. The molecule has 0 aliphatic heterocycles. The number of pyridine rings is 1. The smallest absolute Gasteiger partial charge is 0.320 e. The Labute approximate surface area is 134 Å². The number of carbonyl (C=O) groups excluding carboxylic acids is 1. The number of carboxylic acid groups (broad SMARTS) is 1. The van der Waals surface area contributed by atoms with E-state index >= 15 is 0 Å². The lowest BCUT2D eigenvalue weighted by Crippen LogP contribution is -2.45. The van der Waals surface area contributed by atoms with Crippen molar-refractivity contribution in [2.24, 2.45) is 0 Å². The summed E-state index contributed by atoms with van der Waals surface area (Å²) >= 11 is 0. The SMILES string of the molecule is CNS(=O)(=O)c1ccc(NC(=O)NC(C)(C)CCC(=O)O)nc1. The quantitative estimate of drug-likeness (QED) is 0.576. The largest absolute Gasteiger partial charge is 0.481 e. The lowest BCUT2D eigenvalue weighted by Gasteiger charge is -2.25. The number of nitrogens with one attached hydrogen (secondary N) is 3. The van der Waals surface area contributed by atoms with Crippen molar-refractivity contribution >= 4 is 27.8 Å². The van der Waals surface area contributed by atoms with Crippen molar-refractivity contribution in [3.05, 3.63) is 18.3 Å². The highest BCUT2D eigenvalue weighted by molar-refractivity contribution is 7.89. The number of aliphatic carboxylic acids is 1. The zero-order valence-electron chi connectivity index (χ0n) is 13.1. The second-order valence-corrected chi connectivity index (χ2v) is 7.33. The fraction of sp³-hybridized carbons (Fsp3) is 0.462. The Morgan fingerprint density at radius 3 is 2.43 bits per heavy atom. The first-order chi connectivity index (χ1) is 10.6. The summed E-state index contributed by atoms with van der Waals surface area (Å²) in [7, 11) is -2.30. The molecule has 0 radical (unpaired) electrons. The summed E-state index contributed by atoms with van der Waals surface area (Å²) in [5, 5.41) is 13.8. The minimum atomic E-state index is -3.58. The second-order valence-electron chi connectivity index (χ2n) is 5.44. The molecule has 0 unspecified atom stereocenters. The fourth-order valence-electron chi connectivity index (χ4n) is 1.67. The van der Waals surface area contributed by atoms with Crippen LogP contribution in [0.15, 0.2) is 23.2 Å². The van der Waals surface area contributed by atoms with Crippen LogP contribution in [0.25, 0.3) is 0 Å². The number of sulfonamides is 1. The number of aromatic nitrogens is 1. The summed E-state index contributed by atoms with van der Waals surface area (Å²) in [6, 6.07) is 2.11. The summed E-state index contributed by atoms with van der Waals surface area (Å²) in [6.07, 6.45) is 1.32. The highest BCUT2D eigenvalue weighted by atomic mass is 32.2. The van der Waals surface area contributed by atoms with Crippen molar-refractivity contribution in [3.8, 4) is 0 Å². The molecule has 1 aromatic rings. The fourth-order valence-corrected chi connectivity index (χ4v) is 2.34. The van der Waals surface area contributed by atoms with Gasteiger partial charge in [-0.3, -0.25) is 10.1 Å². The van der Waals surface area contributed by atoms with E-state index in [0.717, 1.165) is 6.20 Å². The van der Waals surface area contributed by atoms with E-state index in [1.54, 1.807) is 13.8 Å². The van der Waals surface area contributed by atoms with Gasteiger partial charge in [0, 0.05) is 18.2 Å². The number of amides is 2. The number of nitrogens with zero attached hydrogens (tertiary/aromatic N) is 1. The molecule has 0 saturated heterocycles. The number of rotatable bonds is 7. The Balaban J connectivity index is 2.66. The number of hydrogen-bond acceptors (Lipinski definition) is 5. The molecule has 9 nitrogen and oxygen atoms in total. The summed E-state index contributed by atoms with van der Waals surface area (Å²) in [5.41, 5.74) is -0.710. The highest BCUT2D eigenvalue weighted by Gasteiger charge is 2.21. The molecule has 0 fully saturated rings. The molecule has 0 bridgehead atoms. The van der Waals surface area contributed by atoms with Gasteiger partial charge in [-0.2, -0.15) is 0 Å². The molecule has 0 aliphatic carbocycles. The van der Waals surface area contributed by atoms with Gasteiger partial charge >= 0.3 is 12.0 Å². The van der Waals surface area contributed by atoms with E-state index in [0.29, 0.717) is 0 Å². The Morgan fingerprint density at radius 1 is 1.30 bits per heavy atom. The molecule has 0 saturated carbocycles. The van der Waals surface area contributed by atoms with Gasteiger partial charge in [0.25, 0.3) is 0 Å². The number of carbonyl (C=O) groups is 2. The van der Waals surface area contributed by atoms with Crippen LogP contribution in [-0.2, 0) is 14.8 Å². The molecule has 1 heterocycles. The van der Waals surface area contributed by atoms with E-state index in [2.05, 4.69) is 20.3 Å². The van der Waals surface area contributed by atoms with Crippen molar-refractivity contribution in [3.63, 3.8) is 0 Å². The third kappa shape index (κ3) is 6.20. The molecule has 0 aromatic carbocycles. The summed E-state index contributed by atoms with van der Waals surface area (Å²) in [4.78, 5) is 26.3. The summed E-state index contributed by atoms with van der Waals surface area (Å²) < 4.78 is 25.3. The first kappa shape index (κ1) is 18.8. The Bertz CT molecular complexity index is 670. The van der Waals surface area contributed by atoms with E-state index in [1.165, 1.54) is 19.2 Å². The zero-order valence-corrected chi connectivity index (χ0v) is 13.9. The third-order valence-electron chi connectivity index (χ3n) is 2.97. The topological polar surface area (TPSA) is 137 Å². The van der Waals surface area contributed by atoms with Gasteiger partial charge in [-0.15, -0.1) is 0 Å². The molecule has 0 spiro atoms. The maximum absolute atomic E-state index is 11.9. The molecule has 1 rings (SSSR count). The zero-order chi connectivity index (χ0) is 17.7.